The first-order valence-electron chi connectivity index (χ1n) is 3.88. The minimum atomic E-state index is -0.285. The molecule has 4 nitrogen and oxygen atoms in total. The maximum atomic E-state index is 8.79. The van der Waals surface area contributed by atoms with E-state index in [0.29, 0.717) is 0 Å². The van der Waals surface area contributed by atoms with Crippen LogP contribution in [0.5, 0.6) is 0 Å². The Bertz CT molecular complexity index is 257. The molecule has 0 aliphatic rings. The van der Waals surface area contributed by atoms with Crippen molar-refractivity contribution in [2.45, 2.75) is 25.9 Å². The molecule has 0 aliphatic heterocycles. The summed E-state index contributed by atoms with van der Waals surface area (Å²) in [5.41, 5.74) is 0.811. The van der Waals surface area contributed by atoms with Crippen molar-refractivity contribution in [1.29, 1.82) is 5.26 Å². The molecule has 0 aromatic carbocycles. The Morgan fingerprint density at radius 2 is 2.42 bits per heavy atom. The Labute approximate surface area is 71.6 Å². The van der Waals surface area contributed by atoms with E-state index >= 15 is 0 Å². The third-order valence-electron chi connectivity index (χ3n) is 1.46. The molecule has 0 saturated heterocycles. The molecule has 0 spiro atoms. The lowest BCUT2D eigenvalue weighted by atomic mass is 10.2. The lowest BCUT2D eigenvalue weighted by Crippen LogP contribution is -2.27. The van der Waals surface area contributed by atoms with E-state index in [1.54, 1.807) is 12.5 Å². The van der Waals surface area contributed by atoms with E-state index in [2.05, 4.69) is 21.4 Å². The average molecular weight is 164 g/mol. The third kappa shape index (κ3) is 2.07. The predicted molar refractivity (Wildman–Crippen MR) is 45.2 cm³/mol. The van der Waals surface area contributed by atoms with Gasteiger partial charge >= 0.3 is 0 Å². The molecule has 1 aromatic heterocycles. The Kier molecular flexibility index (Phi) is 2.83. The smallest absolute Gasteiger partial charge is 0.138 e. The summed E-state index contributed by atoms with van der Waals surface area (Å²) in [5, 5.41) is 11.9. The molecule has 64 valence electrons. The largest absolute Gasteiger partial charge is 0.346 e. The molecule has 12 heavy (non-hydrogen) atoms. The number of H-pyrrole nitrogens is 1. The number of imidazole rings is 1. The van der Waals surface area contributed by atoms with E-state index in [9.17, 15) is 0 Å². The minimum Gasteiger partial charge on any atom is -0.346 e. The van der Waals surface area contributed by atoms with Gasteiger partial charge in [-0.3, -0.25) is 5.32 Å². The average Bonchev–Trinajstić information content (AvgIpc) is 2.51. The van der Waals surface area contributed by atoms with Gasteiger partial charge in [-0.25, -0.2) is 4.98 Å². The van der Waals surface area contributed by atoms with Crippen LogP contribution in [0.15, 0.2) is 12.5 Å². The molecule has 0 aliphatic carbocycles. The minimum absolute atomic E-state index is 0.285. The van der Waals surface area contributed by atoms with Crippen molar-refractivity contribution < 1.29 is 0 Å². The van der Waals surface area contributed by atoms with E-state index in [1.165, 1.54) is 0 Å². The first kappa shape index (κ1) is 8.75. The Balaban J connectivity index is 2.65. The molecular weight excluding hydrogens is 152 g/mol. The van der Waals surface area contributed by atoms with Crippen LogP contribution in [0.25, 0.3) is 0 Å². The standard InChI is InChI=1S/C8H12N4/c1-6(2)12-7(3-9)8-4-10-5-11-8/h4-7,12H,1-2H3,(H,10,11). The summed E-state index contributed by atoms with van der Waals surface area (Å²) in [7, 11) is 0. The zero-order valence-corrected chi connectivity index (χ0v) is 7.20. The molecule has 0 saturated carbocycles. The normalized spacial score (nSPS) is 12.8. The van der Waals surface area contributed by atoms with E-state index in [1.807, 2.05) is 13.8 Å². The molecule has 1 unspecified atom stereocenters. The number of nitrogens with zero attached hydrogens (tertiary/aromatic N) is 2. The second kappa shape index (κ2) is 3.88. The first-order chi connectivity index (χ1) is 5.74. The van der Waals surface area contributed by atoms with Crippen LogP contribution >= 0.6 is 0 Å². The van der Waals surface area contributed by atoms with Gasteiger partial charge < -0.3 is 4.98 Å². The number of rotatable bonds is 3. The van der Waals surface area contributed by atoms with E-state index in [0.717, 1.165) is 5.69 Å². The summed E-state index contributed by atoms with van der Waals surface area (Å²) >= 11 is 0. The van der Waals surface area contributed by atoms with Crippen molar-refractivity contribution in [2.75, 3.05) is 0 Å². The fraction of sp³-hybridized carbons (Fsp3) is 0.500. The molecule has 0 radical (unpaired) electrons. The fourth-order valence-electron chi connectivity index (χ4n) is 0.954. The zero-order valence-electron chi connectivity index (χ0n) is 7.20. The Hall–Kier alpha value is -1.34. The second-order valence-corrected chi connectivity index (χ2v) is 2.89. The molecule has 1 rings (SSSR count). The van der Waals surface area contributed by atoms with E-state index in [-0.39, 0.29) is 12.1 Å². The van der Waals surface area contributed by atoms with Crippen molar-refractivity contribution in [3.8, 4) is 6.07 Å². The number of aromatic amines is 1. The molecule has 0 bridgehead atoms. The van der Waals surface area contributed by atoms with Crippen LogP contribution in [0.4, 0.5) is 0 Å². The summed E-state index contributed by atoms with van der Waals surface area (Å²) in [4.78, 5) is 6.75. The van der Waals surface area contributed by atoms with Crippen LogP contribution in [0.2, 0.25) is 0 Å². The highest BCUT2D eigenvalue weighted by atomic mass is 15.0. The molecular formula is C8H12N4. The summed E-state index contributed by atoms with van der Waals surface area (Å²) in [6.07, 6.45) is 3.23. The molecule has 0 amide bonds. The summed E-state index contributed by atoms with van der Waals surface area (Å²) in [6.45, 7) is 4.00. The fourth-order valence-corrected chi connectivity index (χ4v) is 0.954. The van der Waals surface area contributed by atoms with Gasteiger partial charge in [0.1, 0.15) is 6.04 Å². The van der Waals surface area contributed by atoms with Gasteiger partial charge in [0.15, 0.2) is 0 Å². The number of aromatic nitrogens is 2. The SMILES string of the molecule is CC(C)NC(C#N)c1cnc[nH]1. The van der Waals surface area contributed by atoms with Crippen LogP contribution in [-0.2, 0) is 0 Å². The summed E-state index contributed by atoms with van der Waals surface area (Å²) in [5.74, 6) is 0. The van der Waals surface area contributed by atoms with E-state index in [4.69, 9.17) is 5.26 Å². The van der Waals surface area contributed by atoms with Crippen LogP contribution in [0, 0.1) is 11.3 Å². The number of hydrogen-bond donors (Lipinski definition) is 2. The van der Waals surface area contributed by atoms with E-state index < -0.39 is 0 Å². The van der Waals surface area contributed by atoms with Gasteiger partial charge in [-0.1, -0.05) is 0 Å². The van der Waals surface area contributed by atoms with Gasteiger partial charge in [-0.2, -0.15) is 5.26 Å². The zero-order chi connectivity index (χ0) is 8.97. The molecule has 1 aromatic rings. The van der Waals surface area contributed by atoms with Crippen molar-refractivity contribution >= 4 is 0 Å². The van der Waals surface area contributed by atoms with Crippen LogP contribution in [0.3, 0.4) is 0 Å². The van der Waals surface area contributed by atoms with Gasteiger partial charge in [0.05, 0.1) is 24.3 Å². The molecule has 2 N–H and O–H groups in total. The lowest BCUT2D eigenvalue weighted by molar-refractivity contribution is 0.539. The monoisotopic (exact) mass is 164 g/mol. The van der Waals surface area contributed by atoms with Gasteiger partial charge in [0.2, 0.25) is 0 Å². The lowest BCUT2D eigenvalue weighted by Gasteiger charge is -2.12. The van der Waals surface area contributed by atoms with Crippen LogP contribution in [0.1, 0.15) is 25.6 Å². The molecule has 1 heterocycles. The quantitative estimate of drug-likeness (QED) is 0.699. The molecule has 1 atom stereocenters. The highest BCUT2D eigenvalue weighted by Gasteiger charge is 2.11. The van der Waals surface area contributed by atoms with Crippen LogP contribution < -0.4 is 5.32 Å². The van der Waals surface area contributed by atoms with Gasteiger partial charge in [0, 0.05) is 6.04 Å². The predicted octanol–water partition coefficient (Wildman–Crippen LogP) is 0.972. The maximum Gasteiger partial charge on any atom is 0.138 e. The number of nitriles is 1. The highest BCUT2D eigenvalue weighted by molar-refractivity contribution is 5.11. The van der Waals surface area contributed by atoms with Gasteiger partial charge in [-0.15, -0.1) is 0 Å². The van der Waals surface area contributed by atoms with Gasteiger partial charge in [0.25, 0.3) is 0 Å². The van der Waals surface area contributed by atoms with Crippen molar-refractivity contribution in [2.24, 2.45) is 0 Å². The van der Waals surface area contributed by atoms with Crippen molar-refractivity contribution in [3.63, 3.8) is 0 Å². The Morgan fingerprint density at radius 3 is 2.83 bits per heavy atom. The number of hydrogen-bond acceptors (Lipinski definition) is 3. The van der Waals surface area contributed by atoms with Gasteiger partial charge in [-0.05, 0) is 13.8 Å². The highest BCUT2D eigenvalue weighted by Crippen LogP contribution is 2.07. The molecule has 0 fully saturated rings. The van der Waals surface area contributed by atoms with Crippen molar-refractivity contribution in [3.05, 3.63) is 18.2 Å². The topological polar surface area (TPSA) is 64.5 Å². The first-order valence-corrected chi connectivity index (χ1v) is 3.88. The number of nitrogens with one attached hydrogen (secondary N) is 2. The van der Waals surface area contributed by atoms with Crippen molar-refractivity contribution in [1.82, 2.24) is 15.3 Å². The summed E-state index contributed by atoms with van der Waals surface area (Å²) < 4.78 is 0. The van der Waals surface area contributed by atoms with Crippen LogP contribution in [-0.4, -0.2) is 16.0 Å². The third-order valence-corrected chi connectivity index (χ3v) is 1.46. The second-order valence-electron chi connectivity index (χ2n) is 2.89. The maximum absolute atomic E-state index is 8.79. The summed E-state index contributed by atoms with van der Waals surface area (Å²) in [6, 6.07) is 2.16. The molecule has 4 heteroatoms. The Morgan fingerprint density at radius 1 is 1.67 bits per heavy atom.